The molecule has 1 aromatic heterocycles. The van der Waals surface area contributed by atoms with E-state index < -0.39 is 0 Å². The van der Waals surface area contributed by atoms with Crippen molar-refractivity contribution in [3.05, 3.63) is 54.1 Å². The molecule has 136 valence electrons. The zero-order chi connectivity index (χ0) is 18.1. The molecular formula is C22H32N2O. The minimum atomic E-state index is -0.260. The van der Waals surface area contributed by atoms with Gasteiger partial charge in [0.05, 0.1) is 12.4 Å². The molecule has 0 spiro atoms. The highest BCUT2D eigenvalue weighted by atomic mass is 16.3. The summed E-state index contributed by atoms with van der Waals surface area (Å²) in [5.74, 6) is 0.443. The third-order valence-electron chi connectivity index (χ3n) is 4.94. The van der Waals surface area contributed by atoms with Crippen LogP contribution in [0.3, 0.4) is 0 Å². The second-order valence-electron chi connectivity index (χ2n) is 6.65. The van der Waals surface area contributed by atoms with Gasteiger partial charge in [-0.05, 0) is 42.4 Å². The largest absolute Gasteiger partial charge is 0.392 e. The molecular weight excluding hydrogens is 308 g/mol. The summed E-state index contributed by atoms with van der Waals surface area (Å²) in [6.07, 6.45) is 14.2. The predicted octanol–water partition coefficient (Wildman–Crippen LogP) is 5.55. The summed E-state index contributed by atoms with van der Waals surface area (Å²) in [5.41, 5.74) is 3.64. The van der Waals surface area contributed by atoms with Crippen molar-refractivity contribution < 1.29 is 5.11 Å². The summed E-state index contributed by atoms with van der Waals surface area (Å²) in [4.78, 5) is 4.12. The van der Waals surface area contributed by atoms with Crippen LogP contribution >= 0.6 is 0 Å². The topological polar surface area (TPSA) is 38.0 Å². The molecule has 1 atom stereocenters. The number of aryl methyl sites for hydroxylation is 1. The average Bonchev–Trinajstić information content (AvgIpc) is 3.17. The van der Waals surface area contributed by atoms with Crippen LogP contribution in [0.2, 0.25) is 0 Å². The van der Waals surface area contributed by atoms with Crippen molar-refractivity contribution in [1.29, 1.82) is 0 Å². The van der Waals surface area contributed by atoms with Crippen LogP contribution in [0, 0.1) is 12.8 Å². The molecule has 1 fully saturated rings. The zero-order valence-electron chi connectivity index (χ0n) is 15.9. The molecule has 1 saturated carbocycles. The Morgan fingerprint density at radius 3 is 2.60 bits per heavy atom. The molecule has 1 aliphatic carbocycles. The molecule has 0 amide bonds. The monoisotopic (exact) mass is 340 g/mol. The van der Waals surface area contributed by atoms with Crippen LogP contribution in [0.5, 0.6) is 0 Å². The second-order valence-corrected chi connectivity index (χ2v) is 6.65. The molecule has 3 nitrogen and oxygen atoms in total. The fourth-order valence-corrected chi connectivity index (χ4v) is 3.60. The third kappa shape index (κ3) is 5.57. The summed E-state index contributed by atoms with van der Waals surface area (Å²) in [6.45, 7) is 6.13. The summed E-state index contributed by atoms with van der Waals surface area (Å²) >= 11 is 0. The van der Waals surface area contributed by atoms with E-state index in [0.29, 0.717) is 12.3 Å². The van der Waals surface area contributed by atoms with Crippen molar-refractivity contribution >= 4 is 11.8 Å². The number of hydrogen-bond donors (Lipinski definition) is 1. The van der Waals surface area contributed by atoms with E-state index in [-0.39, 0.29) is 6.10 Å². The zero-order valence-corrected chi connectivity index (χ0v) is 15.9. The van der Waals surface area contributed by atoms with Gasteiger partial charge in [0.2, 0.25) is 0 Å². The normalized spacial score (nSPS) is 16.9. The third-order valence-corrected chi connectivity index (χ3v) is 4.94. The summed E-state index contributed by atoms with van der Waals surface area (Å²) in [6, 6.07) is 8.40. The average molecular weight is 341 g/mol. The first-order chi connectivity index (χ1) is 12.2. The van der Waals surface area contributed by atoms with Gasteiger partial charge in [0, 0.05) is 25.0 Å². The second kappa shape index (κ2) is 10.2. The molecule has 0 bridgehead atoms. The molecule has 3 heteroatoms. The van der Waals surface area contributed by atoms with Gasteiger partial charge in [0.25, 0.3) is 0 Å². The van der Waals surface area contributed by atoms with E-state index in [1.165, 1.54) is 36.0 Å². The first-order valence-corrected chi connectivity index (χ1v) is 9.66. The Labute approximate surface area is 152 Å². The first kappa shape index (κ1) is 19.5. The number of imidazole rings is 1. The minimum absolute atomic E-state index is 0.260. The van der Waals surface area contributed by atoms with E-state index in [4.69, 9.17) is 0 Å². The maximum atomic E-state index is 10.8. The molecule has 25 heavy (non-hydrogen) atoms. The standard InChI is InChI=1S/C20H26N2O.C2H6/c1-16-7-5-6-10-19(16)18(14-22-12-11-21-15-22)13-20(23)17-8-3-2-4-9-17;1-2/h5-7,10-12,14-15,17,20,23H,2-4,8-9,13H2,1H3;1-2H3/b18-14-;. The molecule has 1 aliphatic rings. The van der Waals surface area contributed by atoms with Gasteiger partial charge in [-0.25, -0.2) is 4.98 Å². The number of hydrogen-bond acceptors (Lipinski definition) is 2. The smallest absolute Gasteiger partial charge is 0.0986 e. The van der Waals surface area contributed by atoms with Crippen LogP contribution in [0.15, 0.2) is 43.0 Å². The lowest BCUT2D eigenvalue weighted by atomic mass is 9.82. The minimum Gasteiger partial charge on any atom is -0.392 e. The van der Waals surface area contributed by atoms with Crippen LogP contribution in [0.1, 0.15) is 63.5 Å². The first-order valence-electron chi connectivity index (χ1n) is 9.66. The number of nitrogens with zero attached hydrogens (tertiary/aromatic N) is 2. The number of benzene rings is 1. The van der Waals surface area contributed by atoms with E-state index in [0.717, 1.165) is 12.8 Å². The van der Waals surface area contributed by atoms with Gasteiger partial charge in [-0.3, -0.25) is 0 Å². The Bertz CT molecular complexity index is 640. The van der Waals surface area contributed by atoms with E-state index >= 15 is 0 Å². The van der Waals surface area contributed by atoms with Gasteiger partial charge < -0.3 is 9.67 Å². The molecule has 0 aliphatic heterocycles. The lowest BCUT2D eigenvalue weighted by molar-refractivity contribution is 0.0893. The summed E-state index contributed by atoms with van der Waals surface area (Å²) < 4.78 is 1.97. The molecule has 3 rings (SSSR count). The van der Waals surface area contributed by atoms with Gasteiger partial charge in [0.15, 0.2) is 0 Å². The predicted molar refractivity (Wildman–Crippen MR) is 106 cm³/mol. The fourth-order valence-electron chi connectivity index (χ4n) is 3.60. The Hall–Kier alpha value is -1.87. The quantitative estimate of drug-likeness (QED) is 0.775. The van der Waals surface area contributed by atoms with Gasteiger partial charge in [-0.15, -0.1) is 0 Å². The van der Waals surface area contributed by atoms with Crippen molar-refractivity contribution in [2.24, 2.45) is 5.92 Å². The van der Waals surface area contributed by atoms with E-state index in [2.05, 4.69) is 42.4 Å². The molecule has 0 saturated heterocycles. The highest BCUT2D eigenvalue weighted by molar-refractivity contribution is 5.77. The van der Waals surface area contributed by atoms with Gasteiger partial charge in [-0.1, -0.05) is 57.4 Å². The molecule has 1 heterocycles. The van der Waals surface area contributed by atoms with Crippen molar-refractivity contribution in [2.75, 3.05) is 0 Å². The van der Waals surface area contributed by atoms with Crippen LogP contribution in [-0.4, -0.2) is 20.8 Å². The Balaban J connectivity index is 0.00000109. The maximum absolute atomic E-state index is 10.8. The fraction of sp³-hybridized carbons (Fsp3) is 0.500. The van der Waals surface area contributed by atoms with Crippen molar-refractivity contribution in [3.8, 4) is 0 Å². The van der Waals surface area contributed by atoms with E-state index in [1.54, 1.807) is 12.5 Å². The van der Waals surface area contributed by atoms with Crippen LogP contribution < -0.4 is 0 Å². The molecule has 1 aromatic carbocycles. The Kier molecular flexibility index (Phi) is 7.93. The molecule has 1 N–H and O–H groups in total. The van der Waals surface area contributed by atoms with Gasteiger partial charge in [0.1, 0.15) is 0 Å². The maximum Gasteiger partial charge on any atom is 0.0986 e. The number of aliphatic hydroxyl groups is 1. The molecule has 2 aromatic rings. The highest BCUT2D eigenvalue weighted by Gasteiger charge is 2.23. The van der Waals surface area contributed by atoms with Crippen molar-refractivity contribution in [2.45, 2.75) is 65.4 Å². The van der Waals surface area contributed by atoms with Gasteiger partial charge >= 0.3 is 0 Å². The highest BCUT2D eigenvalue weighted by Crippen LogP contribution is 2.32. The summed E-state index contributed by atoms with van der Waals surface area (Å²) in [5, 5.41) is 10.8. The van der Waals surface area contributed by atoms with Crippen LogP contribution in [-0.2, 0) is 0 Å². The Morgan fingerprint density at radius 2 is 1.96 bits per heavy atom. The van der Waals surface area contributed by atoms with E-state index in [1.807, 2.05) is 24.6 Å². The van der Waals surface area contributed by atoms with Crippen molar-refractivity contribution in [3.63, 3.8) is 0 Å². The lowest BCUT2D eigenvalue weighted by Gasteiger charge is -2.27. The van der Waals surface area contributed by atoms with Crippen LogP contribution in [0.25, 0.3) is 11.8 Å². The van der Waals surface area contributed by atoms with Crippen molar-refractivity contribution in [1.82, 2.24) is 9.55 Å². The number of rotatable bonds is 5. The Morgan fingerprint density at radius 1 is 1.24 bits per heavy atom. The SMILES string of the molecule is CC.Cc1ccccc1/C(=C\n1ccnc1)CC(O)C1CCCCC1. The summed E-state index contributed by atoms with van der Waals surface area (Å²) in [7, 11) is 0. The number of aromatic nitrogens is 2. The van der Waals surface area contributed by atoms with Gasteiger partial charge in [-0.2, -0.15) is 0 Å². The number of aliphatic hydroxyl groups excluding tert-OH is 1. The van der Waals surface area contributed by atoms with E-state index in [9.17, 15) is 5.11 Å². The van der Waals surface area contributed by atoms with Crippen LogP contribution in [0.4, 0.5) is 0 Å². The molecule has 1 unspecified atom stereocenters. The lowest BCUT2D eigenvalue weighted by Crippen LogP contribution is -2.23. The molecule has 0 radical (unpaired) electrons.